The maximum Gasteiger partial charge on any atom is 0.0782 e. The fraction of sp³-hybridized carbons (Fsp3) is 0.600. The molecule has 1 N–H and O–H groups in total. The van der Waals surface area contributed by atoms with Crippen molar-refractivity contribution in [3.63, 3.8) is 0 Å². The highest BCUT2D eigenvalue weighted by molar-refractivity contribution is 7.85. The van der Waals surface area contributed by atoms with Crippen LogP contribution in [0.1, 0.15) is 24.5 Å². The van der Waals surface area contributed by atoms with Gasteiger partial charge in [-0.15, -0.1) is 0 Å². The highest BCUT2D eigenvalue weighted by atomic mass is 32.2. The van der Waals surface area contributed by atoms with Crippen LogP contribution >= 0.6 is 0 Å². The fourth-order valence-electron chi connectivity index (χ4n) is 2.43. The zero-order valence-electron chi connectivity index (χ0n) is 11.9. The van der Waals surface area contributed by atoms with Crippen molar-refractivity contribution < 1.29 is 8.95 Å². The number of aryl methyl sites for hydroxylation is 2. The molecule has 0 saturated carbocycles. The Morgan fingerprint density at radius 1 is 1.37 bits per heavy atom. The highest BCUT2D eigenvalue weighted by Crippen LogP contribution is 2.21. The minimum absolute atomic E-state index is 0.0517. The molecule has 0 aromatic heterocycles. The smallest absolute Gasteiger partial charge is 0.0782 e. The third-order valence-electron chi connectivity index (χ3n) is 3.76. The Labute approximate surface area is 118 Å². The van der Waals surface area contributed by atoms with E-state index in [-0.39, 0.29) is 5.25 Å². The first-order chi connectivity index (χ1) is 9.13. The van der Waals surface area contributed by atoms with Crippen molar-refractivity contribution in [2.24, 2.45) is 0 Å². The van der Waals surface area contributed by atoms with E-state index in [0.29, 0.717) is 12.6 Å². The van der Waals surface area contributed by atoms with Gasteiger partial charge < -0.3 is 10.1 Å². The van der Waals surface area contributed by atoms with Gasteiger partial charge in [0.05, 0.1) is 22.7 Å². The predicted octanol–water partition coefficient (Wildman–Crippen LogP) is 2.18. The van der Waals surface area contributed by atoms with Crippen LogP contribution in [0.5, 0.6) is 0 Å². The summed E-state index contributed by atoms with van der Waals surface area (Å²) < 4.78 is 18.3. The Hall–Kier alpha value is -0.710. The van der Waals surface area contributed by atoms with Gasteiger partial charge in [-0.1, -0.05) is 13.0 Å². The first kappa shape index (κ1) is 14.7. The molecule has 0 spiro atoms. The summed E-state index contributed by atoms with van der Waals surface area (Å²) in [5.74, 6) is 0. The Balaban J connectivity index is 2.18. The lowest BCUT2D eigenvalue weighted by atomic mass is 10.1. The molecule has 2 rings (SSSR count). The summed E-state index contributed by atoms with van der Waals surface area (Å²) in [7, 11) is -1.01. The van der Waals surface area contributed by atoms with E-state index >= 15 is 0 Å². The quantitative estimate of drug-likeness (QED) is 0.919. The molecule has 1 aromatic carbocycles. The number of ether oxygens (including phenoxy) is 1. The maximum atomic E-state index is 12.7. The van der Waals surface area contributed by atoms with E-state index in [2.05, 4.69) is 32.2 Å². The SMILES string of the molecule is CCNC1CCOCC1S(=O)c1ccc(C)c(C)c1. The van der Waals surface area contributed by atoms with Crippen molar-refractivity contribution in [2.75, 3.05) is 19.8 Å². The van der Waals surface area contributed by atoms with Crippen LogP contribution in [0.15, 0.2) is 23.1 Å². The average Bonchev–Trinajstić information content (AvgIpc) is 2.42. The topological polar surface area (TPSA) is 38.3 Å². The van der Waals surface area contributed by atoms with Crippen LogP contribution in [0.2, 0.25) is 0 Å². The van der Waals surface area contributed by atoms with Crippen molar-refractivity contribution >= 4 is 10.8 Å². The Morgan fingerprint density at radius 3 is 2.84 bits per heavy atom. The number of hydrogen-bond acceptors (Lipinski definition) is 3. The molecular formula is C15H23NO2S. The van der Waals surface area contributed by atoms with Gasteiger partial charge in [0.25, 0.3) is 0 Å². The van der Waals surface area contributed by atoms with Crippen LogP contribution in [0.3, 0.4) is 0 Å². The molecule has 4 heteroatoms. The van der Waals surface area contributed by atoms with E-state index in [1.807, 2.05) is 12.1 Å². The number of benzene rings is 1. The van der Waals surface area contributed by atoms with Crippen LogP contribution in [0.25, 0.3) is 0 Å². The van der Waals surface area contributed by atoms with Crippen LogP contribution in [0, 0.1) is 13.8 Å². The summed E-state index contributed by atoms with van der Waals surface area (Å²) in [5.41, 5.74) is 2.44. The van der Waals surface area contributed by atoms with Crippen LogP contribution in [-0.4, -0.2) is 35.3 Å². The molecule has 0 bridgehead atoms. The normalized spacial score (nSPS) is 25.2. The average molecular weight is 281 g/mol. The number of rotatable bonds is 4. The van der Waals surface area contributed by atoms with E-state index in [1.54, 1.807) is 0 Å². The van der Waals surface area contributed by atoms with Crippen LogP contribution < -0.4 is 5.32 Å². The van der Waals surface area contributed by atoms with Gasteiger partial charge in [-0.25, -0.2) is 0 Å². The van der Waals surface area contributed by atoms with Gasteiger partial charge in [-0.3, -0.25) is 4.21 Å². The lowest BCUT2D eigenvalue weighted by Gasteiger charge is -2.31. The molecular weight excluding hydrogens is 258 g/mol. The molecule has 3 atom stereocenters. The molecule has 1 aliphatic rings. The van der Waals surface area contributed by atoms with Crippen molar-refractivity contribution in [3.8, 4) is 0 Å². The lowest BCUT2D eigenvalue weighted by Crippen LogP contribution is -2.48. The second-order valence-corrected chi connectivity index (χ2v) is 6.78. The van der Waals surface area contributed by atoms with Crippen molar-refractivity contribution in [1.29, 1.82) is 0 Å². The zero-order valence-corrected chi connectivity index (χ0v) is 12.8. The summed E-state index contributed by atoms with van der Waals surface area (Å²) in [6.07, 6.45) is 0.940. The molecule has 1 aromatic rings. The van der Waals surface area contributed by atoms with E-state index < -0.39 is 10.8 Å². The third-order valence-corrected chi connectivity index (χ3v) is 5.49. The van der Waals surface area contributed by atoms with Gasteiger partial charge in [0.15, 0.2) is 0 Å². The van der Waals surface area contributed by atoms with Crippen LogP contribution in [0.4, 0.5) is 0 Å². The first-order valence-corrected chi connectivity index (χ1v) is 8.13. The monoisotopic (exact) mass is 281 g/mol. The molecule has 106 valence electrons. The Bertz CT molecular complexity index is 459. The summed E-state index contributed by atoms with van der Waals surface area (Å²) in [4.78, 5) is 0.918. The molecule has 0 aliphatic carbocycles. The van der Waals surface area contributed by atoms with Gasteiger partial charge in [-0.2, -0.15) is 0 Å². The van der Waals surface area contributed by atoms with E-state index in [0.717, 1.165) is 24.5 Å². The molecule has 3 nitrogen and oxygen atoms in total. The molecule has 0 radical (unpaired) electrons. The molecule has 0 amide bonds. The summed E-state index contributed by atoms with van der Waals surface area (Å²) >= 11 is 0. The lowest BCUT2D eigenvalue weighted by molar-refractivity contribution is 0.0824. The number of hydrogen-bond donors (Lipinski definition) is 1. The van der Waals surface area contributed by atoms with Crippen molar-refractivity contribution in [2.45, 2.75) is 43.4 Å². The molecule has 1 heterocycles. The van der Waals surface area contributed by atoms with Gasteiger partial charge in [0.1, 0.15) is 0 Å². The first-order valence-electron chi connectivity index (χ1n) is 6.92. The van der Waals surface area contributed by atoms with Gasteiger partial charge in [0, 0.05) is 17.5 Å². The third kappa shape index (κ3) is 3.44. The van der Waals surface area contributed by atoms with Crippen LogP contribution in [-0.2, 0) is 15.5 Å². The summed E-state index contributed by atoms with van der Waals surface area (Å²) in [6, 6.07) is 6.37. The van der Waals surface area contributed by atoms with Crippen molar-refractivity contribution in [1.82, 2.24) is 5.32 Å². The number of nitrogens with one attached hydrogen (secondary N) is 1. The highest BCUT2D eigenvalue weighted by Gasteiger charge is 2.30. The minimum atomic E-state index is -1.01. The minimum Gasteiger partial charge on any atom is -0.380 e. The van der Waals surface area contributed by atoms with E-state index in [1.165, 1.54) is 11.1 Å². The molecule has 3 unspecified atom stereocenters. The zero-order chi connectivity index (χ0) is 13.8. The van der Waals surface area contributed by atoms with Gasteiger partial charge >= 0.3 is 0 Å². The molecule has 1 saturated heterocycles. The van der Waals surface area contributed by atoms with Gasteiger partial charge in [-0.05, 0) is 50.1 Å². The maximum absolute atomic E-state index is 12.7. The summed E-state index contributed by atoms with van der Waals surface area (Å²) in [5, 5.41) is 3.49. The predicted molar refractivity (Wildman–Crippen MR) is 79.0 cm³/mol. The Kier molecular flexibility index (Phi) is 5.13. The molecule has 1 aliphatic heterocycles. The Morgan fingerprint density at radius 2 is 2.16 bits per heavy atom. The molecule has 19 heavy (non-hydrogen) atoms. The fourth-order valence-corrected chi connectivity index (χ4v) is 4.03. The van der Waals surface area contributed by atoms with Gasteiger partial charge in [0.2, 0.25) is 0 Å². The second-order valence-electron chi connectivity index (χ2n) is 5.11. The summed E-state index contributed by atoms with van der Waals surface area (Å²) in [6.45, 7) is 8.48. The van der Waals surface area contributed by atoms with Crippen molar-refractivity contribution in [3.05, 3.63) is 29.3 Å². The largest absolute Gasteiger partial charge is 0.380 e. The van der Waals surface area contributed by atoms with E-state index in [9.17, 15) is 4.21 Å². The second kappa shape index (κ2) is 6.64. The molecule has 1 fully saturated rings. The van der Waals surface area contributed by atoms with E-state index in [4.69, 9.17) is 4.74 Å². The standard InChI is InChI=1S/C15H23NO2S/c1-4-16-14-7-8-18-10-15(14)19(17)13-6-5-11(2)12(3)9-13/h5-6,9,14-16H,4,7-8,10H2,1-3H3.